The molecule has 0 unspecified atom stereocenters. The topological polar surface area (TPSA) is 83.6 Å². The summed E-state index contributed by atoms with van der Waals surface area (Å²) in [6.45, 7) is 1.92. The molecule has 0 fully saturated rings. The molecule has 1 heterocycles. The van der Waals surface area contributed by atoms with E-state index in [0.29, 0.717) is 0 Å². The second kappa shape index (κ2) is 7.10. The van der Waals surface area contributed by atoms with Crippen molar-refractivity contribution in [2.45, 2.75) is 16.0 Å². The fraction of sp³-hybridized carbons (Fsp3) is 0.286. The van der Waals surface area contributed by atoms with Crippen molar-refractivity contribution in [2.75, 3.05) is 20.1 Å². The van der Waals surface area contributed by atoms with Crippen LogP contribution in [-0.4, -0.2) is 41.3 Å². The van der Waals surface area contributed by atoms with Gasteiger partial charge in [0.05, 0.1) is 4.90 Å². The van der Waals surface area contributed by atoms with Gasteiger partial charge in [0.2, 0.25) is 20.0 Å². The minimum atomic E-state index is -3.63. The molecular formula is C14H18N2O4S3. The lowest BCUT2D eigenvalue weighted by atomic mass is 10.2. The van der Waals surface area contributed by atoms with Gasteiger partial charge in [-0.1, -0.05) is 23.8 Å². The van der Waals surface area contributed by atoms with Gasteiger partial charge < -0.3 is 0 Å². The van der Waals surface area contributed by atoms with E-state index in [1.807, 2.05) is 6.92 Å². The Balaban J connectivity index is 1.99. The highest BCUT2D eigenvalue weighted by Crippen LogP contribution is 2.16. The van der Waals surface area contributed by atoms with Gasteiger partial charge in [0.25, 0.3) is 0 Å². The van der Waals surface area contributed by atoms with Gasteiger partial charge in [0, 0.05) is 20.1 Å². The van der Waals surface area contributed by atoms with Crippen LogP contribution in [0.3, 0.4) is 0 Å². The molecule has 9 heteroatoms. The second-order valence-electron chi connectivity index (χ2n) is 4.97. The van der Waals surface area contributed by atoms with Crippen molar-refractivity contribution in [2.24, 2.45) is 0 Å². The van der Waals surface area contributed by atoms with E-state index in [-0.39, 0.29) is 22.2 Å². The first-order chi connectivity index (χ1) is 10.7. The third kappa shape index (κ3) is 4.39. The zero-order valence-electron chi connectivity index (χ0n) is 12.8. The van der Waals surface area contributed by atoms with Gasteiger partial charge >= 0.3 is 0 Å². The number of nitrogens with one attached hydrogen (secondary N) is 1. The van der Waals surface area contributed by atoms with Gasteiger partial charge in [-0.15, -0.1) is 11.3 Å². The average Bonchev–Trinajstić information content (AvgIpc) is 3.02. The summed E-state index contributed by atoms with van der Waals surface area (Å²) in [7, 11) is -5.78. The van der Waals surface area contributed by atoms with Crippen LogP contribution in [0.1, 0.15) is 5.56 Å². The number of hydrogen-bond acceptors (Lipinski definition) is 5. The third-order valence-corrected chi connectivity index (χ3v) is 7.94. The van der Waals surface area contributed by atoms with Crippen LogP contribution in [0.15, 0.2) is 50.9 Å². The molecule has 126 valence electrons. The maximum atomic E-state index is 12.4. The number of sulfonamides is 2. The van der Waals surface area contributed by atoms with Crippen LogP contribution >= 0.6 is 11.3 Å². The maximum Gasteiger partial charge on any atom is 0.250 e. The summed E-state index contributed by atoms with van der Waals surface area (Å²) in [5.41, 5.74) is 0.968. The summed E-state index contributed by atoms with van der Waals surface area (Å²) in [5, 5.41) is 1.67. The first kappa shape index (κ1) is 18.1. The molecule has 0 aliphatic heterocycles. The second-order valence-corrected chi connectivity index (χ2v) is 9.96. The maximum absolute atomic E-state index is 12.4. The highest BCUT2D eigenvalue weighted by Gasteiger charge is 2.21. The number of hydrogen-bond donors (Lipinski definition) is 1. The van der Waals surface area contributed by atoms with E-state index >= 15 is 0 Å². The molecule has 2 aromatic rings. The summed E-state index contributed by atoms with van der Waals surface area (Å²) in [4.78, 5) is 0.187. The van der Waals surface area contributed by atoms with Crippen LogP contribution in [0, 0.1) is 6.92 Å². The molecule has 0 radical (unpaired) electrons. The van der Waals surface area contributed by atoms with E-state index in [0.717, 1.165) is 21.2 Å². The van der Waals surface area contributed by atoms with E-state index in [9.17, 15) is 16.8 Å². The van der Waals surface area contributed by atoms with Crippen molar-refractivity contribution in [1.82, 2.24) is 9.03 Å². The van der Waals surface area contributed by atoms with E-state index in [1.54, 1.807) is 23.6 Å². The minimum Gasteiger partial charge on any atom is -0.209 e. The third-order valence-electron chi connectivity index (χ3n) is 3.21. The van der Waals surface area contributed by atoms with Crippen molar-refractivity contribution in [3.05, 3.63) is 47.3 Å². The van der Waals surface area contributed by atoms with Gasteiger partial charge in [-0.2, -0.15) is 4.31 Å². The molecule has 0 aliphatic carbocycles. The Morgan fingerprint density at radius 1 is 1.09 bits per heavy atom. The van der Waals surface area contributed by atoms with E-state index in [1.165, 1.54) is 25.2 Å². The van der Waals surface area contributed by atoms with E-state index in [4.69, 9.17) is 0 Å². The Kier molecular flexibility index (Phi) is 5.58. The predicted molar refractivity (Wildman–Crippen MR) is 90.5 cm³/mol. The van der Waals surface area contributed by atoms with Crippen molar-refractivity contribution < 1.29 is 16.8 Å². The summed E-state index contributed by atoms with van der Waals surface area (Å²) < 4.78 is 52.4. The smallest absolute Gasteiger partial charge is 0.209 e. The number of rotatable bonds is 7. The van der Waals surface area contributed by atoms with Gasteiger partial charge in [-0.3, -0.25) is 0 Å². The van der Waals surface area contributed by atoms with Crippen molar-refractivity contribution in [1.29, 1.82) is 0 Å². The average molecular weight is 375 g/mol. The quantitative estimate of drug-likeness (QED) is 0.799. The molecule has 0 amide bonds. The number of likely N-dealkylation sites (N-methyl/N-ethyl adjacent to an activating group) is 1. The number of nitrogens with zero attached hydrogens (tertiary/aromatic N) is 1. The Labute approximate surface area is 140 Å². The Morgan fingerprint density at radius 3 is 2.30 bits per heavy atom. The summed E-state index contributed by atoms with van der Waals surface area (Å²) in [5.74, 6) is 0. The molecule has 0 bridgehead atoms. The minimum absolute atomic E-state index is 0.00181. The van der Waals surface area contributed by atoms with Crippen molar-refractivity contribution >= 4 is 31.4 Å². The SMILES string of the molecule is Cc1ccc(S(=O)(=O)N(C)CCNS(=O)(=O)c2cccs2)cc1. The number of aryl methyl sites for hydroxylation is 1. The standard InChI is InChI=1S/C14H18N2O4S3/c1-12-5-7-13(8-6-12)23(19,20)16(2)10-9-15-22(17,18)14-4-3-11-21-14/h3-8,11,15H,9-10H2,1-2H3. The normalized spacial score (nSPS) is 12.7. The molecule has 0 aliphatic rings. The summed E-state index contributed by atoms with van der Waals surface area (Å²) >= 11 is 1.11. The number of thiophene rings is 1. The molecule has 0 saturated heterocycles. The van der Waals surface area contributed by atoms with Crippen LogP contribution < -0.4 is 4.72 Å². The van der Waals surface area contributed by atoms with Gasteiger partial charge in [-0.05, 0) is 30.5 Å². The molecule has 2 rings (SSSR count). The van der Waals surface area contributed by atoms with Crippen LogP contribution in [0.5, 0.6) is 0 Å². The fourth-order valence-corrected chi connectivity index (χ4v) is 5.07. The van der Waals surface area contributed by atoms with Crippen molar-refractivity contribution in [3.63, 3.8) is 0 Å². The molecule has 1 aromatic heterocycles. The first-order valence-electron chi connectivity index (χ1n) is 6.80. The zero-order chi connectivity index (χ0) is 17.1. The lowest BCUT2D eigenvalue weighted by Gasteiger charge is -2.17. The first-order valence-corrected chi connectivity index (χ1v) is 10.6. The molecule has 1 N–H and O–H groups in total. The van der Waals surface area contributed by atoms with Crippen molar-refractivity contribution in [3.8, 4) is 0 Å². The molecule has 0 saturated carbocycles. The highest BCUT2D eigenvalue weighted by molar-refractivity contribution is 7.91. The number of benzene rings is 1. The van der Waals surface area contributed by atoms with Crippen LogP contribution in [0.2, 0.25) is 0 Å². The Morgan fingerprint density at radius 2 is 1.74 bits per heavy atom. The summed E-state index contributed by atoms with van der Waals surface area (Å²) in [6, 6.07) is 9.67. The highest BCUT2D eigenvalue weighted by atomic mass is 32.2. The molecule has 0 atom stereocenters. The van der Waals surface area contributed by atoms with Gasteiger partial charge in [0.1, 0.15) is 4.21 Å². The van der Waals surface area contributed by atoms with Crippen LogP contribution in [-0.2, 0) is 20.0 Å². The lowest BCUT2D eigenvalue weighted by Crippen LogP contribution is -2.36. The predicted octanol–water partition coefficient (Wildman–Crippen LogP) is 1.66. The van der Waals surface area contributed by atoms with Crippen LogP contribution in [0.25, 0.3) is 0 Å². The van der Waals surface area contributed by atoms with E-state index < -0.39 is 20.0 Å². The zero-order valence-corrected chi connectivity index (χ0v) is 15.2. The fourth-order valence-electron chi connectivity index (χ4n) is 1.84. The largest absolute Gasteiger partial charge is 0.250 e. The van der Waals surface area contributed by atoms with E-state index in [2.05, 4.69) is 4.72 Å². The lowest BCUT2D eigenvalue weighted by molar-refractivity contribution is 0.469. The van der Waals surface area contributed by atoms with Gasteiger partial charge in [0.15, 0.2) is 0 Å². The van der Waals surface area contributed by atoms with Gasteiger partial charge in [-0.25, -0.2) is 21.6 Å². The Hall–Kier alpha value is -1.26. The Bertz CT molecular complexity index is 842. The molecule has 0 spiro atoms. The molecule has 1 aromatic carbocycles. The van der Waals surface area contributed by atoms with Crippen LogP contribution in [0.4, 0.5) is 0 Å². The molecular weight excluding hydrogens is 356 g/mol. The summed E-state index contributed by atoms with van der Waals surface area (Å²) in [6.07, 6.45) is 0. The monoisotopic (exact) mass is 374 g/mol. The molecule has 23 heavy (non-hydrogen) atoms. The molecule has 6 nitrogen and oxygen atoms in total.